The Hall–Kier alpha value is -7.21. The highest BCUT2D eigenvalue weighted by atomic mass is 32.1. The molecule has 0 spiro atoms. The fourth-order valence-electron chi connectivity index (χ4n) is 8.03. The molecule has 0 fully saturated rings. The Kier molecular flexibility index (Phi) is 7.64. The lowest BCUT2D eigenvalue weighted by Crippen LogP contribution is -2.01. The van der Waals surface area contributed by atoms with Crippen LogP contribution in [0.4, 0.5) is 0 Å². The Labute approximate surface area is 327 Å². The molecule has 56 heavy (non-hydrogen) atoms. The number of hydrogen-bond donors (Lipinski definition) is 0. The standard InChI is InChI=1S/C51H32N4S/c1-3-14-33(15-4-1)35-18-11-19-37(30-35)50-52-49(34-16-5-2-6-17-34)53-51(54-50)38-20-12-21-39(31-38)55-44-25-9-7-22-41(44)42-29-28-36(32-45(42)55)40-24-13-27-47-48(40)43-23-8-10-26-46(43)56-47/h1-32H. The number of aromatic nitrogens is 4. The van der Waals surface area contributed by atoms with E-state index in [1.807, 2.05) is 35.6 Å². The predicted octanol–water partition coefficient (Wildman–Crippen LogP) is 13.7. The van der Waals surface area contributed by atoms with Crippen LogP contribution in [0.25, 0.3) is 104 Å². The van der Waals surface area contributed by atoms with Crippen molar-refractivity contribution in [2.45, 2.75) is 0 Å². The number of fused-ring (bicyclic) bond motifs is 6. The maximum Gasteiger partial charge on any atom is 0.164 e. The van der Waals surface area contributed by atoms with Gasteiger partial charge in [-0.3, -0.25) is 0 Å². The van der Waals surface area contributed by atoms with Crippen LogP contribution in [0.5, 0.6) is 0 Å². The van der Waals surface area contributed by atoms with E-state index < -0.39 is 0 Å². The first-order chi connectivity index (χ1) is 27.7. The van der Waals surface area contributed by atoms with E-state index in [4.69, 9.17) is 15.0 Å². The van der Waals surface area contributed by atoms with Crippen LogP contribution in [0, 0.1) is 0 Å². The Morgan fingerprint density at radius 3 is 1.71 bits per heavy atom. The van der Waals surface area contributed by atoms with Crippen LogP contribution in [0.1, 0.15) is 0 Å². The van der Waals surface area contributed by atoms with Gasteiger partial charge in [0, 0.05) is 53.3 Å². The molecule has 0 radical (unpaired) electrons. The van der Waals surface area contributed by atoms with E-state index in [1.54, 1.807) is 0 Å². The Morgan fingerprint density at radius 2 is 0.911 bits per heavy atom. The first-order valence-electron chi connectivity index (χ1n) is 18.8. The highest BCUT2D eigenvalue weighted by Crippen LogP contribution is 2.42. The molecule has 3 aromatic heterocycles. The number of rotatable bonds is 6. The Balaban J connectivity index is 1.09. The molecular formula is C51H32N4S. The zero-order chi connectivity index (χ0) is 37.0. The molecule has 0 saturated heterocycles. The van der Waals surface area contributed by atoms with Gasteiger partial charge in [0.1, 0.15) is 0 Å². The van der Waals surface area contributed by atoms with Crippen LogP contribution in [0.15, 0.2) is 194 Å². The summed E-state index contributed by atoms with van der Waals surface area (Å²) >= 11 is 1.85. The Bertz CT molecular complexity index is 3250. The second kappa shape index (κ2) is 13.3. The van der Waals surface area contributed by atoms with Crippen LogP contribution in [-0.2, 0) is 0 Å². The van der Waals surface area contributed by atoms with E-state index in [0.29, 0.717) is 17.5 Å². The van der Waals surface area contributed by atoms with E-state index in [2.05, 4.69) is 174 Å². The summed E-state index contributed by atoms with van der Waals surface area (Å²) in [6, 6.07) is 68.6. The summed E-state index contributed by atoms with van der Waals surface area (Å²) < 4.78 is 4.99. The van der Waals surface area contributed by atoms with Gasteiger partial charge in [-0.25, -0.2) is 15.0 Å². The SMILES string of the molecule is c1ccc(-c2cccc(-c3nc(-c4ccccc4)nc(-c4cccc(-n5c6ccccc6c6ccc(-c7cccc8sc9ccccc9c78)cc65)c4)n3)c2)cc1. The fourth-order valence-corrected chi connectivity index (χ4v) is 9.17. The van der Waals surface area contributed by atoms with Gasteiger partial charge in [-0.05, 0) is 64.7 Å². The lowest BCUT2D eigenvalue weighted by atomic mass is 9.98. The molecule has 11 aromatic rings. The molecule has 4 nitrogen and oxygen atoms in total. The van der Waals surface area contributed by atoms with Crippen LogP contribution in [0.2, 0.25) is 0 Å². The molecule has 0 unspecified atom stereocenters. The first-order valence-corrected chi connectivity index (χ1v) is 19.6. The third-order valence-electron chi connectivity index (χ3n) is 10.6. The Morgan fingerprint density at radius 1 is 0.339 bits per heavy atom. The normalized spacial score (nSPS) is 11.6. The van der Waals surface area contributed by atoms with Gasteiger partial charge >= 0.3 is 0 Å². The largest absolute Gasteiger partial charge is 0.309 e. The van der Waals surface area contributed by atoms with Gasteiger partial charge in [0.15, 0.2) is 17.5 Å². The van der Waals surface area contributed by atoms with Gasteiger partial charge in [0.05, 0.1) is 11.0 Å². The average Bonchev–Trinajstić information content (AvgIpc) is 3.83. The fraction of sp³-hybridized carbons (Fsp3) is 0. The first kappa shape index (κ1) is 32.2. The molecule has 0 saturated carbocycles. The highest BCUT2D eigenvalue weighted by Gasteiger charge is 2.18. The van der Waals surface area contributed by atoms with Gasteiger partial charge in [0.25, 0.3) is 0 Å². The van der Waals surface area contributed by atoms with Crippen molar-refractivity contribution in [3.05, 3.63) is 194 Å². The summed E-state index contributed by atoms with van der Waals surface area (Å²) in [5.74, 6) is 1.89. The summed E-state index contributed by atoms with van der Waals surface area (Å²) in [6.45, 7) is 0. The van der Waals surface area contributed by atoms with Crippen molar-refractivity contribution < 1.29 is 0 Å². The summed E-state index contributed by atoms with van der Waals surface area (Å²) in [5.41, 5.74) is 10.8. The molecule has 0 bridgehead atoms. The maximum absolute atomic E-state index is 5.15. The van der Waals surface area contributed by atoms with Gasteiger partial charge in [-0.15, -0.1) is 11.3 Å². The zero-order valence-corrected chi connectivity index (χ0v) is 31.0. The minimum absolute atomic E-state index is 0.623. The second-order valence-corrected chi connectivity index (χ2v) is 15.1. The lowest BCUT2D eigenvalue weighted by molar-refractivity contribution is 1.07. The summed E-state index contributed by atoms with van der Waals surface area (Å²) in [4.78, 5) is 15.3. The van der Waals surface area contributed by atoms with Gasteiger partial charge in [-0.2, -0.15) is 0 Å². The van der Waals surface area contributed by atoms with Gasteiger partial charge < -0.3 is 4.57 Å². The van der Waals surface area contributed by atoms with E-state index in [-0.39, 0.29) is 0 Å². The van der Waals surface area contributed by atoms with Crippen molar-refractivity contribution in [1.82, 2.24) is 19.5 Å². The van der Waals surface area contributed by atoms with Gasteiger partial charge in [0.2, 0.25) is 0 Å². The molecule has 8 aromatic carbocycles. The third kappa shape index (κ3) is 5.48. The average molecular weight is 733 g/mol. The third-order valence-corrected chi connectivity index (χ3v) is 11.8. The monoisotopic (exact) mass is 732 g/mol. The van der Waals surface area contributed by atoms with E-state index in [1.165, 1.54) is 42.1 Å². The molecule has 262 valence electrons. The molecule has 0 N–H and O–H groups in total. The molecule has 3 heterocycles. The highest BCUT2D eigenvalue weighted by molar-refractivity contribution is 7.25. The predicted molar refractivity (Wildman–Crippen MR) is 234 cm³/mol. The number of nitrogens with zero attached hydrogens (tertiary/aromatic N) is 4. The van der Waals surface area contributed by atoms with E-state index in [9.17, 15) is 0 Å². The zero-order valence-electron chi connectivity index (χ0n) is 30.2. The van der Waals surface area contributed by atoms with Gasteiger partial charge in [-0.1, -0.05) is 152 Å². The smallest absolute Gasteiger partial charge is 0.164 e. The summed E-state index contributed by atoms with van der Waals surface area (Å²) in [6.07, 6.45) is 0. The molecule has 0 aliphatic heterocycles. The van der Waals surface area contributed by atoms with E-state index in [0.717, 1.165) is 44.5 Å². The maximum atomic E-state index is 5.15. The molecule has 11 rings (SSSR count). The minimum Gasteiger partial charge on any atom is -0.309 e. The molecule has 0 aliphatic rings. The quantitative estimate of drug-likeness (QED) is 0.171. The molecule has 0 atom stereocenters. The van der Waals surface area contributed by atoms with Crippen LogP contribution in [-0.4, -0.2) is 19.5 Å². The number of benzene rings is 8. The van der Waals surface area contributed by atoms with Crippen molar-refractivity contribution >= 4 is 53.3 Å². The molecular weight excluding hydrogens is 701 g/mol. The molecule has 0 amide bonds. The van der Waals surface area contributed by atoms with Crippen molar-refractivity contribution in [3.63, 3.8) is 0 Å². The van der Waals surface area contributed by atoms with Crippen molar-refractivity contribution in [2.75, 3.05) is 0 Å². The van der Waals surface area contributed by atoms with Crippen LogP contribution >= 0.6 is 11.3 Å². The number of para-hydroxylation sites is 1. The second-order valence-electron chi connectivity index (χ2n) is 14.0. The topological polar surface area (TPSA) is 43.6 Å². The summed E-state index contributed by atoms with van der Waals surface area (Å²) in [5, 5.41) is 5.04. The minimum atomic E-state index is 0.623. The molecule has 5 heteroatoms. The number of thiophene rings is 1. The van der Waals surface area contributed by atoms with Crippen LogP contribution in [0.3, 0.4) is 0 Å². The summed E-state index contributed by atoms with van der Waals surface area (Å²) in [7, 11) is 0. The van der Waals surface area contributed by atoms with Crippen molar-refractivity contribution in [3.8, 4) is 62.1 Å². The lowest BCUT2D eigenvalue weighted by Gasteiger charge is -2.12. The van der Waals surface area contributed by atoms with E-state index >= 15 is 0 Å². The molecule has 0 aliphatic carbocycles. The number of hydrogen-bond acceptors (Lipinski definition) is 4. The van der Waals surface area contributed by atoms with Crippen molar-refractivity contribution in [1.29, 1.82) is 0 Å². The van der Waals surface area contributed by atoms with Crippen molar-refractivity contribution in [2.24, 2.45) is 0 Å². The van der Waals surface area contributed by atoms with Crippen LogP contribution < -0.4 is 0 Å².